The number of benzene rings is 3. The number of hydrogen-bond acceptors (Lipinski definition) is 6. The lowest BCUT2D eigenvalue weighted by Crippen LogP contribution is -2.65. The Morgan fingerprint density at radius 2 is 1.58 bits per heavy atom. The van der Waals surface area contributed by atoms with E-state index in [1.807, 2.05) is 37.3 Å². The number of ether oxygens (including phenoxy) is 1. The Bertz CT molecular complexity index is 1520. The van der Waals surface area contributed by atoms with Crippen molar-refractivity contribution in [3.63, 3.8) is 0 Å². The topological polar surface area (TPSA) is 86.7 Å². The molecule has 4 fully saturated rings. The van der Waals surface area contributed by atoms with E-state index in [0.29, 0.717) is 5.92 Å². The van der Waals surface area contributed by atoms with Crippen LogP contribution >= 0.6 is 0 Å². The van der Waals surface area contributed by atoms with Crippen LogP contribution in [0.4, 0.5) is 4.39 Å². The van der Waals surface area contributed by atoms with Crippen molar-refractivity contribution in [3.8, 4) is 0 Å². The van der Waals surface area contributed by atoms with Gasteiger partial charge in [0.2, 0.25) is 0 Å². The summed E-state index contributed by atoms with van der Waals surface area (Å²) in [7, 11) is -4.27. The molecule has 242 valence electrons. The standard InChI is InChI=1S/C29H38FN2O2.C7H8O3S/c1-29(25-8-4-2-5-9-25,31-17-6-3-7-18-31)28(33)34-27-22-32(20-15-24(27)16-21-32)19-14-23-10-12-26(30)13-11-23;1-6-2-4-7(5-3-6)11(8,9)10/h2,4-5,8-13,24,27H,3,6-7,14-22H2,1H3;2-5H,1H3,(H,8,9,10)/q+1;/p-1/t24?,27-,29-,32?;/m0./s1. The fourth-order valence-electron chi connectivity index (χ4n) is 7.18. The second-order valence-corrected chi connectivity index (χ2v) is 14.5. The molecular formula is C36H45FN2O5S. The van der Waals surface area contributed by atoms with E-state index in [1.54, 1.807) is 24.3 Å². The maximum absolute atomic E-state index is 13.9. The van der Waals surface area contributed by atoms with Crippen molar-refractivity contribution in [2.45, 2.75) is 68.9 Å². The maximum Gasteiger partial charge on any atom is 0.331 e. The number of piperidine rings is 4. The molecule has 0 spiro atoms. The number of fused-ring (bicyclic) bond motifs is 3. The van der Waals surface area contributed by atoms with Gasteiger partial charge in [-0.2, -0.15) is 0 Å². The molecule has 4 aliphatic rings. The van der Waals surface area contributed by atoms with Crippen LogP contribution in [0, 0.1) is 18.7 Å². The molecule has 0 saturated carbocycles. The summed E-state index contributed by atoms with van der Waals surface area (Å²) >= 11 is 0. The first-order valence-corrected chi connectivity index (χ1v) is 17.5. The molecule has 0 unspecified atom stereocenters. The summed E-state index contributed by atoms with van der Waals surface area (Å²) in [5, 5.41) is 0. The normalized spacial score (nSPS) is 24.6. The van der Waals surface area contributed by atoms with Crippen LogP contribution in [0.25, 0.3) is 0 Å². The first-order chi connectivity index (χ1) is 21.5. The monoisotopic (exact) mass is 636 g/mol. The number of quaternary nitrogens is 1. The molecule has 0 radical (unpaired) electrons. The van der Waals surface area contributed by atoms with Gasteiger partial charge in [0.1, 0.15) is 28.0 Å². The van der Waals surface area contributed by atoms with Gasteiger partial charge in [-0.05, 0) is 75.2 Å². The third kappa shape index (κ3) is 8.01. The average Bonchev–Trinajstić information content (AvgIpc) is 3.05. The molecule has 9 heteroatoms. The van der Waals surface area contributed by atoms with Gasteiger partial charge in [-0.1, -0.05) is 66.6 Å². The minimum atomic E-state index is -4.27. The molecule has 0 N–H and O–H groups in total. The second kappa shape index (κ2) is 14.1. The van der Waals surface area contributed by atoms with Gasteiger partial charge >= 0.3 is 5.97 Å². The molecule has 2 bridgehead atoms. The summed E-state index contributed by atoms with van der Waals surface area (Å²) in [4.78, 5) is 16.1. The van der Waals surface area contributed by atoms with Crippen LogP contribution in [0.1, 0.15) is 55.7 Å². The molecule has 3 aromatic carbocycles. The van der Waals surface area contributed by atoms with Crippen LogP contribution in [0.5, 0.6) is 0 Å². The molecule has 7 rings (SSSR count). The zero-order chi connectivity index (χ0) is 32.1. The lowest BCUT2D eigenvalue weighted by atomic mass is 9.82. The van der Waals surface area contributed by atoms with Crippen molar-refractivity contribution in [3.05, 3.63) is 101 Å². The van der Waals surface area contributed by atoms with Crippen molar-refractivity contribution in [1.29, 1.82) is 0 Å². The van der Waals surface area contributed by atoms with E-state index in [2.05, 4.69) is 24.0 Å². The van der Waals surface area contributed by atoms with Gasteiger partial charge in [0.25, 0.3) is 0 Å². The van der Waals surface area contributed by atoms with Crippen LogP contribution in [0.2, 0.25) is 0 Å². The molecule has 3 aromatic rings. The zero-order valence-corrected chi connectivity index (χ0v) is 27.2. The van der Waals surface area contributed by atoms with Crippen molar-refractivity contribution >= 4 is 16.1 Å². The van der Waals surface area contributed by atoms with E-state index in [0.717, 1.165) is 87.0 Å². The Hall–Kier alpha value is -3.11. The summed E-state index contributed by atoms with van der Waals surface area (Å²) in [5.74, 6) is 0.198. The minimum absolute atomic E-state index is 0.0176. The fourth-order valence-corrected chi connectivity index (χ4v) is 7.65. The highest BCUT2D eigenvalue weighted by Gasteiger charge is 2.50. The number of esters is 1. The van der Waals surface area contributed by atoms with Crippen molar-refractivity contribution in [1.82, 2.24) is 4.90 Å². The van der Waals surface area contributed by atoms with E-state index in [1.165, 1.54) is 24.1 Å². The Morgan fingerprint density at radius 3 is 2.18 bits per heavy atom. The lowest BCUT2D eigenvalue weighted by Gasteiger charge is -2.53. The van der Waals surface area contributed by atoms with Gasteiger partial charge in [-0.25, -0.2) is 17.6 Å². The first kappa shape index (κ1) is 33.3. The zero-order valence-electron chi connectivity index (χ0n) is 26.4. The molecule has 45 heavy (non-hydrogen) atoms. The molecule has 7 nitrogen and oxygen atoms in total. The summed E-state index contributed by atoms with van der Waals surface area (Å²) in [6, 6.07) is 22.9. The van der Waals surface area contributed by atoms with Crippen molar-refractivity contribution < 1.29 is 31.4 Å². The minimum Gasteiger partial charge on any atom is -0.744 e. The number of carbonyl (C=O) groups excluding carboxylic acids is 1. The molecular weight excluding hydrogens is 591 g/mol. The van der Waals surface area contributed by atoms with Crippen LogP contribution in [-0.4, -0.2) is 73.7 Å². The number of likely N-dealkylation sites (tertiary alicyclic amines) is 1. The summed E-state index contributed by atoms with van der Waals surface area (Å²) in [5.41, 5.74) is 2.39. The van der Waals surface area contributed by atoms with Gasteiger partial charge in [0.05, 0.1) is 24.5 Å². The first-order valence-electron chi connectivity index (χ1n) is 16.1. The van der Waals surface area contributed by atoms with Gasteiger partial charge < -0.3 is 13.8 Å². The summed E-state index contributed by atoms with van der Waals surface area (Å²) < 4.78 is 51.9. The number of nitrogens with zero attached hydrogens (tertiary/aromatic N) is 2. The molecule has 2 atom stereocenters. The Kier molecular flexibility index (Phi) is 10.4. The van der Waals surface area contributed by atoms with Crippen LogP contribution in [0.15, 0.2) is 83.8 Å². The molecule has 4 aliphatic heterocycles. The highest BCUT2D eigenvalue weighted by molar-refractivity contribution is 7.85. The average molecular weight is 637 g/mol. The van der Waals surface area contributed by atoms with E-state index in [-0.39, 0.29) is 22.8 Å². The predicted octanol–water partition coefficient (Wildman–Crippen LogP) is 5.82. The SMILES string of the molecule is C[C@@](C(=O)O[C@H]1C[N+]2(CCc3ccc(F)cc3)CCC1CC2)(c1ccccc1)N1CCCCC1.Cc1ccc(S(=O)(=O)[O-])cc1. The smallest absolute Gasteiger partial charge is 0.331 e. The third-order valence-electron chi connectivity index (χ3n) is 10.1. The number of rotatable bonds is 8. The Balaban J connectivity index is 0.000000309. The molecule has 4 heterocycles. The van der Waals surface area contributed by atoms with Crippen molar-refractivity contribution in [2.75, 3.05) is 39.3 Å². The van der Waals surface area contributed by atoms with Crippen LogP contribution < -0.4 is 0 Å². The number of halogens is 1. The van der Waals surface area contributed by atoms with E-state index >= 15 is 0 Å². The van der Waals surface area contributed by atoms with Gasteiger partial charge in [0, 0.05) is 25.2 Å². The van der Waals surface area contributed by atoms with Gasteiger partial charge in [-0.3, -0.25) is 4.90 Å². The summed E-state index contributed by atoms with van der Waals surface area (Å²) in [6.07, 6.45) is 6.64. The van der Waals surface area contributed by atoms with E-state index < -0.39 is 15.7 Å². The highest BCUT2D eigenvalue weighted by atomic mass is 32.2. The number of hydrogen-bond donors (Lipinski definition) is 0. The highest BCUT2D eigenvalue weighted by Crippen LogP contribution is 2.39. The third-order valence-corrected chi connectivity index (χ3v) is 11.0. The number of aryl methyl sites for hydroxylation is 1. The van der Waals surface area contributed by atoms with Crippen LogP contribution in [0.3, 0.4) is 0 Å². The largest absolute Gasteiger partial charge is 0.744 e. The van der Waals surface area contributed by atoms with E-state index in [9.17, 15) is 22.2 Å². The van der Waals surface area contributed by atoms with Gasteiger partial charge in [-0.15, -0.1) is 0 Å². The molecule has 0 amide bonds. The van der Waals surface area contributed by atoms with Crippen LogP contribution in [-0.2, 0) is 31.6 Å². The van der Waals surface area contributed by atoms with E-state index in [4.69, 9.17) is 4.74 Å². The summed E-state index contributed by atoms with van der Waals surface area (Å²) in [6.45, 7) is 10.00. The predicted molar refractivity (Wildman–Crippen MR) is 171 cm³/mol. The second-order valence-electron chi connectivity index (χ2n) is 13.1. The quantitative estimate of drug-likeness (QED) is 0.176. The van der Waals surface area contributed by atoms with Crippen molar-refractivity contribution in [2.24, 2.45) is 5.92 Å². The Morgan fingerprint density at radius 1 is 0.956 bits per heavy atom. The fraction of sp³-hybridized carbons (Fsp3) is 0.472. The molecule has 0 aromatic heterocycles. The lowest BCUT2D eigenvalue weighted by molar-refractivity contribution is -0.946. The maximum atomic E-state index is 13.9. The van der Waals surface area contributed by atoms with Gasteiger partial charge in [0.15, 0.2) is 6.10 Å². The molecule has 4 saturated heterocycles. The Labute approximate surface area is 267 Å². The number of carbonyl (C=O) groups is 1. The molecule has 0 aliphatic carbocycles.